The molecule has 0 bridgehead atoms. The summed E-state index contributed by atoms with van der Waals surface area (Å²) in [5, 5.41) is 1.59. The number of rotatable bonds is 2. The maximum atomic E-state index is 6.01. The number of aryl methyl sites for hydroxylation is 1. The zero-order valence-electron chi connectivity index (χ0n) is 8.37. The van der Waals surface area contributed by atoms with Crippen LogP contribution in [0.1, 0.15) is 5.56 Å². The third kappa shape index (κ3) is 2.34. The maximum Gasteiger partial charge on any atom is 0.202 e. The summed E-state index contributed by atoms with van der Waals surface area (Å²) in [4.78, 5) is 4.33. The first-order valence-electron chi connectivity index (χ1n) is 4.44. The Balaban J connectivity index is 2.33. The van der Waals surface area contributed by atoms with Crippen molar-refractivity contribution in [1.29, 1.82) is 0 Å². The molecule has 1 heterocycles. The minimum absolute atomic E-state index is 0.175. The molecule has 7 heteroatoms. The van der Waals surface area contributed by atoms with Gasteiger partial charge in [0.1, 0.15) is 0 Å². The number of hydrazine groups is 1. The van der Waals surface area contributed by atoms with Gasteiger partial charge in [0.05, 0.1) is 10.2 Å². The molecule has 0 saturated carbocycles. The van der Waals surface area contributed by atoms with Crippen molar-refractivity contribution in [2.24, 2.45) is 5.73 Å². The first-order valence-corrected chi connectivity index (χ1v) is 6.04. The van der Waals surface area contributed by atoms with E-state index in [2.05, 4.69) is 28.1 Å². The van der Waals surface area contributed by atoms with Gasteiger partial charge < -0.3 is 5.73 Å². The van der Waals surface area contributed by atoms with E-state index in [-0.39, 0.29) is 5.11 Å². The summed E-state index contributed by atoms with van der Waals surface area (Å²) in [5.41, 5.74) is 12.6. The first kappa shape index (κ1) is 11.4. The number of nitrogens with zero attached hydrogens (tertiary/aromatic N) is 1. The van der Waals surface area contributed by atoms with Crippen LogP contribution in [-0.4, -0.2) is 10.1 Å². The quantitative estimate of drug-likeness (QED) is 0.579. The fraction of sp³-hybridized carbons (Fsp3) is 0.111. The molecule has 1 aromatic carbocycles. The van der Waals surface area contributed by atoms with Crippen LogP contribution in [0.25, 0.3) is 10.2 Å². The first-order chi connectivity index (χ1) is 7.56. The van der Waals surface area contributed by atoms with E-state index in [9.17, 15) is 0 Å². The van der Waals surface area contributed by atoms with E-state index in [1.165, 1.54) is 11.3 Å². The van der Waals surface area contributed by atoms with E-state index in [1.807, 2.05) is 19.1 Å². The SMILES string of the molecule is Cc1cc2sc(NNC(N)=S)nc2cc1Cl. The van der Waals surface area contributed by atoms with Crippen LogP contribution in [0, 0.1) is 6.92 Å². The predicted octanol–water partition coefficient (Wildman–Crippen LogP) is 2.42. The number of thiocarbonyl (C=S) groups is 1. The van der Waals surface area contributed by atoms with Crippen LogP contribution in [0.2, 0.25) is 5.02 Å². The molecule has 0 aliphatic heterocycles. The molecule has 84 valence electrons. The van der Waals surface area contributed by atoms with E-state index in [1.54, 1.807) is 0 Å². The number of nitrogens with one attached hydrogen (secondary N) is 2. The number of hydrogen-bond donors (Lipinski definition) is 3. The second kappa shape index (κ2) is 4.40. The monoisotopic (exact) mass is 272 g/mol. The highest BCUT2D eigenvalue weighted by molar-refractivity contribution is 7.80. The lowest BCUT2D eigenvalue weighted by molar-refractivity contribution is 1.12. The number of anilines is 1. The number of hydrogen-bond acceptors (Lipinski definition) is 4. The summed E-state index contributed by atoms with van der Waals surface area (Å²) >= 11 is 12.2. The van der Waals surface area contributed by atoms with Crippen molar-refractivity contribution in [1.82, 2.24) is 10.4 Å². The number of thiazole rings is 1. The van der Waals surface area contributed by atoms with Gasteiger partial charge in [-0.1, -0.05) is 22.9 Å². The van der Waals surface area contributed by atoms with Crippen LogP contribution in [0.3, 0.4) is 0 Å². The van der Waals surface area contributed by atoms with Gasteiger partial charge >= 0.3 is 0 Å². The van der Waals surface area contributed by atoms with Gasteiger partial charge in [0.2, 0.25) is 5.13 Å². The Bertz CT molecular complexity index is 513. The lowest BCUT2D eigenvalue weighted by Crippen LogP contribution is -2.33. The van der Waals surface area contributed by atoms with Crippen LogP contribution in [0.4, 0.5) is 5.13 Å². The molecular weight excluding hydrogens is 264 g/mol. The topological polar surface area (TPSA) is 63.0 Å². The summed E-state index contributed by atoms with van der Waals surface area (Å²) in [5.74, 6) is 0. The Kier molecular flexibility index (Phi) is 3.13. The fourth-order valence-electron chi connectivity index (χ4n) is 1.22. The molecule has 0 atom stereocenters. The van der Waals surface area contributed by atoms with Gasteiger partial charge in [-0.15, -0.1) is 0 Å². The lowest BCUT2D eigenvalue weighted by Gasteiger charge is -2.01. The van der Waals surface area contributed by atoms with Gasteiger partial charge in [0, 0.05) is 5.02 Å². The van der Waals surface area contributed by atoms with Crippen LogP contribution in [0.15, 0.2) is 12.1 Å². The molecule has 0 spiro atoms. The molecule has 2 aromatic rings. The molecule has 0 aliphatic carbocycles. The zero-order valence-corrected chi connectivity index (χ0v) is 10.8. The summed E-state index contributed by atoms with van der Waals surface area (Å²) in [6.45, 7) is 1.96. The molecule has 2 rings (SSSR count). The van der Waals surface area contributed by atoms with Crippen LogP contribution in [0.5, 0.6) is 0 Å². The second-order valence-corrected chi connectivity index (χ2v) is 5.08. The highest BCUT2D eigenvalue weighted by Crippen LogP contribution is 2.29. The summed E-state index contributed by atoms with van der Waals surface area (Å²) < 4.78 is 1.06. The predicted molar refractivity (Wildman–Crippen MR) is 72.9 cm³/mol. The minimum Gasteiger partial charge on any atom is -0.375 e. The highest BCUT2D eigenvalue weighted by atomic mass is 35.5. The van der Waals surface area contributed by atoms with Gasteiger partial charge in [-0.2, -0.15) is 0 Å². The third-order valence-corrected chi connectivity index (χ3v) is 3.40. The van der Waals surface area contributed by atoms with Crippen molar-refractivity contribution in [3.8, 4) is 0 Å². The Hall–Kier alpha value is -1.11. The lowest BCUT2D eigenvalue weighted by atomic mass is 10.2. The summed E-state index contributed by atoms with van der Waals surface area (Å²) in [6.07, 6.45) is 0. The van der Waals surface area contributed by atoms with E-state index in [0.29, 0.717) is 10.2 Å². The maximum absolute atomic E-state index is 6.01. The Morgan fingerprint density at radius 2 is 2.31 bits per heavy atom. The molecule has 1 aromatic heterocycles. The van der Waals surface area contributed by atoms with Crippen molar-refractivity contribution >= 4 is 55.6 Å². The molecular formula is C9H9ClN4S2. The standard InChI is InChI=1S/C9H9ClN4S2/c1-4-2-7-6(3-5(4)10)12-9(16-7)14-13-8(11)15/h2-3H,1H3,(H,12,14)(H3,11,13,15). The number of aromatic nitrogens is 1. The van der Waals surface area contributed by atoms with Crippen molar-refractivity contribution in [3.05, 3.63) is 22.7 Å². The Morgan fingerprint density at radius 3 is 3.00 bits per heavy atom. The average Bonchev–Trinajstić information content (AvgIpc) is 2.58. The molecule has 0 unspecified atom stereocenters. The van der Waals surface area contributed by atoms with Crippen LogP contribution < -0.4 is 16.6 Å². The van der Waals surface area contributed by atoms with E-state index < -0.39 is 0 Å². The average molecular weight is 273 g/mol. The number of halogens is 1. The van der Waals surface area contributed by atoms with Crippen molar-refractivity contribution < 1.29 is 0 Å². The van der Waals surface area contributed by atoms with Gasteiger partial charge in [0.25, 0.3) is 0 Å². The molecule has 0 saturated heterocycles. The summed E-state index contributed by atoms with van der Waals surface area (Å²) in [7, 11) is 0. The minimum atomic E-state index is 0.175. The second-order valence-electron chi connectivity index (χ2n) is 3.20. The highest BCUT2D eigenvalue weighted by Gasteiger charge is 2.06. The fourth-order valence-corrected chi connectivity index (χ4v) is 2.33. The molecule has 0 radical (unpaired) electrons. The van der Waals surface area contributed by atoms with Gasteiger partial charge in [-0.05, 0) is 36.8 Å². The molecule has 4 nitrogen and oxygen atoms in total. The number of nitrogens with two attached hydrogens (primary N) is 1. The van der Waals surface area contributed by atoms with Gasteiger partial charge in [0.15, 0.2) is 5.11 Å². The number of benzene rings is 1. The Labute approximate surface area is 107 Å². The smallest absolute Gasteiger partial charge is 0.202 e. The zero-order chi connectivity index (χ0) is 11.7. The van der Waals surface area contributed by atoms with Crippen LogP contribution >= 0.6 is 35.2 Å². The summed E-state index contributed by atoms with van der Waals surface area (Å²) in [6, 6.07) is 3.84. The van der Waals surface area contributed by atoms with Gasteiger partial charge in [-0.25, -0.2) is 4.98 Å². The third-order valence-electron chi connectivity index (χ3n) is 1.96. The van der Waals surface area contributed by atoms with Crippen LogP contribution in [-0.2, 0) is 0 Å². The van der Waals surface area contributed by atoms with E-state index >= 15 is 0 Å². The van der Waals surface area contributed by atoms with Crippen molar-refractivity contribution in [2.45, 2.75) is 6.92 Å². The largest absolute Gasteiger partial charge is 0.375 e. The van der Waals surface area contributed by atoms with Crippen molar-refractivity contribution in [2.75, 3.05) is 5.43 Å². The molecule has 0 amide bonds. The molecule has 0 aliphatic rings. The number of fused-ring (bicyclic) bond motifs is 1. The van der Waals surface area contributed by atoms with E-state index in [0.717, 1.165) is 15.8 Å². The van der Waals surface area contributed by atoms with Crippen molar-refractivity contribution in [3.63, 3.8) is 0 Å². The Morgan fingerprint density at radius 1 is 1.56 bits per heavy atom. The normalized spacial score (nSPS) is 10.4. The van der Waals surface area contributed by atoms with Gasteiger partial charge in [-0.3, -0.25) is 10.9 Å². The molecule has 16 heavy (non-hydrogen) atoms. The van der Waals surface area contributed by atoms with E-state index in [4.69, 9.17) is 17.3 Å². The molecule has 0 fully saturated rings. The molecule has 4 N–H and O–H groups in total.